The molecule has 0 saturated carbocycles. The van der Waals surface area contributed by atoms with Gasteiger partial charge in [-0.25, -0.2) is 0 Å². The van der Waals surface area contributed by atoms with Gasteiger partial charge in [0.2, 0.25) is 0 Å². The number of hydrogen-bond donors (Lipinski definition) is 0. The van der Waals surface area contributed by atoms with E-state index in [-0.39, 0.29) is 16.9 Å². The molecule has 0 aliphatic rings. The zero-order valence-electron chi connectivity index (χ0n) is 9.97. The Morgan fingerprint density at radius 2 is 2.22 bits per heavy atom. The molecule has 0 aromatic carbocycles. The Morgan fingerprint density at radius 3 is 2.83 bits per heavy atom. The molecule has 0 radical (unpaired) electrons. The van der Waals surface area contributed by atoms with Crippen LogP contribution < -0.4 is 0 Å². The summed E-state index contributed by atoms with van der Waals surface area (Å²) in [5.74, 6) is 0.0707. The summed E-state index contributed by atoms with van der Waals surface area (Å²) in [4.78, 5) is 17.7. The van der Waals surface area contributed by atoms with Crippen molar-refractivity contribution in [3.63, 3.8) is 0 Å². The minimum atomic E-state index is -0.183. The van der Waals surface area contributed by atoms with E-state index in [1.165, 1.54) is 0 Å². The molecule has 94 valence electrons. The van der Waals surface area contributed by atoms with Crippen LogP contribution in [0, 0.1) is 0 Å². The summed E-state index contributed by atoms with van der Waals surface area (Å²) in [6, 6.07) is 8.85. The van der Waals surface area contributed by atoms with E-state index < -0.39 is 0 Å². The van der Waals surface area contributed by atoms with Gasteiger partial charge < -0.3 is 9.32 Å². The summed E-state index contributed by atoms with van der Waals surface area (Å²) in [5.41, 5.74) is 0.953. The maximum Gasteiger partial charge on any atom is 0.289 e. The van der Waals surface area contributed by atoms with Gasteiger partial charge in [0, 0.05) is 31.9 Å². The van der Waals surface area contributed by atoms with Crippen LogP contribution >= 0.6 is 11.6 Å². The number of rotatable bonds is 4. The lowest BCUT2D eigenvalue weighted by atomic mass is 10.2. The van der Waals surface area contributed by atoms with Gasteiger partial charge in [0.15, 0.2) is 11.0 Å². The molecule has 0 atom stereocenters. The van der Waals surface area contributed by atoms with Crippen LogP contribution in [0.5, 0.6) is 0 Å². The molecule has 0 N–H and O–H groups in total. The molecule has 1 amide bonds. The first-order chi connectivity index (χ1) is 8.66. The van der Waals surface area contributed by atoms with Crippen LogP contribution in [-0.2, 0) is 6.42 Å². The highest BCUT2D eigenvalue weighted by Gasteiger charge is 2.15. The minimum Gasteiger partial charge on any atom is -0.440 e. The molecule has 2 rings (SSSR count). The van der Waals surface area contributed by atoms with E-state index in [4.69, 9.17) is 16.0 Å². The molecule has 2 aromatic heterocycles. The number of likely N-dealkylation sites (N-methyl/N-ethyl adjacent to an activating group) is 1. The number of carbonyl (C=O) groups excluding carboxylic acids is 1. The zero-order chi connectivity index (χ0) is 13.0. The van der Waals surface area contributed by atoms with Crippen molar-refractivity contribution >= 4 is 17.5 Å². The van der Waals surface area contributed by atoms with Crippen molar-refractivity contribution in [2.45, 2.75) is 6.42 Å². The number of aromatic nitrogens is 1. The molecule has 5 heteroatoms. The molecule has 0 spiro atoms. The van der Waals surface area contributed by atoms with Crippen molar-refractivity contribution < 1.29 is 9.21 Å². The lowest BCUT2D eigenvalue weighted by Crippen LogP contribution is -2.28. The van der Waals surface area contributed by atoms with E-state index in [0.29, 0.717) is 13.0 Å². The highest BCUT2D eigenvalue weighted by atomic mass is 35.5. The Hall–Kier alpha value is -1.81. The van der Waals surface area contributed by atoms with E-state index in [2.05, 4.69) is 4.98 Å². The van der Waals surface area contributed by atoms with Crippen LogP contribution in [0.3, 0.4) is 0 Å². The Morgan fingerprint density at radius 1 is 1.39 bits per heavy atom. The van der Waals surface area contributed by atoms with Gasteiger partial charge in [0.1, 0.15) is 0 Å². The summed E-state index contributed by atoms with van der Waals surface area (Å²) >= 11 is 5.63. The largest absolute Gasteiger partial charge is 0.440 e. The molecule has 0 unspecified atom stereocenters. The summed E-state index contributed by atoms with van der Waals surface area (Å²) < 4.78 is 5.08. The fourth-order valence-corrected chi connectivity index (χ4v) is 1.69. The highest BCUT2D eigenvalue weighted by molar-refractivity contribution is 6.29. The molecule has 4 nitrogen and oxygen atoms in total. The van der Waals surface area contributed by atoms with E-state index in [0.717, 1.165) is 5.69 Å². The Balaban J connectivity index is 1.92. The third-order valence-electron chi connectivity index (χ3n) is 2.56. The predicted molar refractivity (Wildman–Crippen MR) is 68.6 cm³/mol. The van der Waals surface area contributed by atoms with E-state index in [1.807, 2.05) is 18.2 Å². The maximum atomic E-state index is 11.9. The third-order valence-corrected chi connectivity index (χ3v) is 2.76. The lowest BCUT2D eigenvalue weighted by Gasteiger charge is -2.15. The number of carbonyl (C=O) groups is 1. The van der Waals surface area contributed by atoms with Crippen LogP contribution in [0.4, 0.5) is 0 Å². The van der Waals surface area contributed by atoms with E-state index >= 15 is 0 Å². The summed E-state index contributed by atoms with van der Waals surface area (Å²) in [6.45, 7) is 0.578. The second-order valence-electron chi connectivity index (χ2n) is 3.90. The molecular formula is C13H13ClN2O2. The Kier molecular flexibility index (Phi) is 3.99. The van der Waals surface area contributed by atoms with Gasteiger partial charge in [-0.1, -0.05) is 6.07 Å². The Labute approximate surface area is 110 Å². The molecular weight excluding hydrogens is 252 g/mol. The van der Waals surface area contributed by atoms with Crippen molar-refractivity contribution in [3.8, 4) is 0 Å². The van der Waals surface area contributed by atoms with Crippen LogP contribution in [0.25, 0.3) is 0 Å². The SMILES string of the molecule is CN(CCc1ccccn1)C(=O)c1ccc(Cl)o1. The lowest BCUT2D eigenvalue weighted by molar-refractivity contribution is 0.0765. The topological polar surface area (TPSA) is 46.3 Å². The molecule has 0 bridgehead atoms. The number of halogens is 1. The van der Waals surface area contributed by atoms with Crippen molar-refractivity contribution in [2.24, 2.45) is 0 Å². The molecule has 0 saturated heterocycles. The molecule has 2 aromatic rings. The van der Waals surface area contributed by atoms with Crippen LogP contribution in [0.1, 0.15) is 16.2 Å². The predicted octanol–water partition coefficient (Wildman–Crippen LogP) is 2.64. The molecule has 0 aliphatic heterocycles. The van der Waals surface area contributed by atoms with Crippen LogP contribution in [-0.4, -0.2) is 29.4 Å². The third kappa shape index (κ3) is 3.11. The number of amides is 1. The van der Waals surface area contributed by atoms with E-state index in [1.54, 1.807) is 30.3 Å². The highest BCUT2D eigenvalue weighted by Crippen LogP contribution is 2.14. The quantitative estimate of drug-likeness (QED) is 0.853. The van der Waals surface area contributed by atoms with E-state index in [9.17, 15) is 4.79 Å². The number of hydrogen-bond acceptors (Lipinski definition) is 3. The van der Waals surface area contributed by atoms with Crippen molar-refractivity contribution in [1.29, 1.82) is 0 Å². The maximum absolute atomic E-state index is 11.9. The number of furan rings is 1. The van der Waals surface area contributed by atoms with Gasteiger partial charge in [0.05, 0.1) is 0 Å². The number of nitrogens with zero attached hydrogens (tertiary/aromatic N) is 2. The first-order valence-corrected chi connectivity index (χ1v) is 5.95. The van der Waals surface area contributed by atoms with Crippen molar-refractivity contribution in [3.05, 3.63) is 53.2 Å². The second-order valence-corrected chi connectivity index (χ2v) is 4.27. The van der Waals surface area contributed by atoms with Crippen LogP contribution in [0.15, 0.2) is 40.9 Å². The van der Waals surface area contributed by atoms with Gasteiger partial charge in [0.25, 0.3) is 5.91 Å². The standard InChI is InChI=1S/C13H13ClN2O2/c1-16(9-7-10-4-2-3-8-15-10)13(17)11-5-6-12(14)18-11/h2-6,8H,7,9H2,1H3. The summed E-state index contributed by atoms with van der Waals surface area (Å²) in [6.07, 6.45) is 2.45. The first-order valence-electron chi connectivity index (χ1n) is 5.57. The molecule has 0 fully saturated rings. The zero-order valence-corrected chi connectivity index (χ0v) is 10.7. The molecule has 0 aliphatic carbocycles. The second kappa shape index (κ2) is 5.69. The number of pyridine rings is 1. The smallest absolute Gasteiger partial charge is 0.289 e. The van der Waals surface area contributed by atoms with Crippen LogP contribution in [0.2, 0.25) is 5.22 Å². The van der Waals surface area contributed by atoms with Gasteiger partial charge in [-0.2, -0.15) is 0 Å². The van der Waals surface area contributed by atoms with Crippen molar-refractivity contribution in [1.82, 2.24) is 9.88 Å². The minimum absolute atomic E-state index is 0.183. The molecule has 2 heterocycles. The average Bonchev–Trinajstić information content (AvgIpc) is 2.83. The fourth-order valence-electron chi connectivity index (χ4n) is 1.55. The van der Waals surface area contributed by atoms with Gasteiger partial charge in [-0.15, -0.1) is 0 Å². The monoisotopic (exact) mass is 264 g/mol. The summed E-state index contributed by atoms with van der Waals surface area (Å²) in [7, 11) is 1.72. The molecule has 18 heavy (non-hydrogen) atoms. The van der Waals surface area contributed by atoms with Gasteiger partial charge in [-0.3, -0.25) is 9.78 Å². The Bertz CT molecular complexity index is 525. The van der Waals surface area contributed by atoms with Gasteiger partial charge in [-0.05, 0) is 35.9 Å². The fraction of sp³-hybridized carbons (Fsp3) is 0.231. The normalized spacial score (nSPS) is 10.3. The summed E-state index contributed by atoms with van der Waals surface area (Å²) in [5, 5.41) is 0.219. The average molecular weight is 265 g/mol. The van der Waals surface area contributed by atoms with Crippen molar-refractivity contribution in [2.75, 3.05) is 13.6 Å². The van der Waals surface area contributed by atoms with Gasteiger partial charge >= 0.3 is 0 Å². The first kappa shape index (κ1) is 12.6.